The van der Waals surface area contributed by atoms with E-state index in [-0.39, 0.29) is 11.2 Å². The maximum absolute atomic E-state index is 12.1. The van der Waals surface area contributed by atoms with Crippen LogP contribution in [0, 0.1) is 5.92 Å². The minimum Gasteiger partial charge on any atom is -0.355 e. The van der Waals surface area contributed by atoms with E-state index in [1.807, 2.05) is 13.0 Å². The smallest absolute Gasteiger partial charge is 0.233 e. The number of aromatic nitrogens is 3. The molecule has 1 N–H and O–H groups in total. The Hall–Kier alpha value is -1.30. The summed E-state index contributed by atoms with van der Waals surface area (Å²) in [6.45, 7) is 11.5. The maximum Gasteiger partial charge on any atom is 0.233 e. The second-order valence-corrected chi connectivity index (χ2v) is 7.56. The molecule has 5 nitrogen and oxygen atoms in total. The van der Waals surface area contributed by atoms with Crippen LogP contribution in [0.1, 0.15) is 51.8 Å². The molecule has 0 bridgehead atoms. The first-order chi connectivity index (χ1) is 10.5. The summed E-state index contributed by atoms with van der Waals surface area (Å²) < 4.78 is 2.09. The average molecular weight is 322 g/mol. The highest BCUT2D eigenvalue weighted by atomic mass is 32.2. The predicted octanol–water partition coefficient (Wildman–Crippen LogP) is 2.98. The largest absolute Gasteiger partial charge is 0.355 e. The topological polar surface area (TPSA) is 59.8 Å². The number of hydrogen-bond acceptors (Lipinski definition) is 4. The zero-order valence-electron chi connectivity index (χ0n) is 13.7. The van der Waals surface area contributed by atoms with Crippen LogP contribution in [0.4, 0.5) is 0 Å². The van der Waals surface area contributed by atoms with Crippen LogP contribution in [-0.2, 0) is 11.3 Å². The highest BCUT2D eigenvalue weighted by Crippen LogP contribution is 2.40. The lowest BCUT2D eigenvalue weighted by atomic mass is 10.1. The van der Waals surface area contributed by atoms with Crippen LogP contribution in [0.15, 0.2) is 17.8 Å². The van der Waals surface area contributed by atoms with E-state index in [2.05, 4.69) is 40.5 Å². The fraction of sp³-hybridized carbons (Fsp3) is 0.688. The standard InChI is InChI=1S/C16H26N4OS/c1-5-10-20-14(13-6-7-13)18-19-16(20)22-12(4)15(21)17-9-8-11(2)3/h5,11-13H,1,6-10H2,2-4H3,(H,17,21). The number of carbonyl (C=O) groups is 1. The first-order valence-corrected chi connectivity index (χ1v) is 8.89. The van der Waals surface area contributed by atoms with Crippen molar-refractivity contribution in [2.75, 3.05) is 6.54 Å². The third-order valence-electron chi connectivity index (χ3n) is 3.67. The van der Waals surface area contributed by atoms with Crippen LogP contribution in [-0.4, -0.2) is 32.5 Å². The van der Waals surface area contributed by atoms with Crippen LogP contribution >= 0.6 is 11.8 Å². The van der Waals surface area contributed by atoms with E-state index in [0.29, 0.717) is 18.4 Å². The molecule has 0 saturated heterocycles. The molecule has 1 aliphatic carbocycles. The summed E-state index contributed by atoms with van der Waals surface area (Å²) in [7, 11) is 0. The number of allylic oxidation sites excluding steroid dienone is 1. The molecule has 0 aromatic carbocycles. The summed E-state index contributed by atoms with van der Waals surface area (Å²) in [5.74, 6) is 2.23. The number of carbonyl (C=O) groups excluding carboxylic acids is 1. The third kappa shape index (κ3) is 4.60. The Morgan fingerprint density at radius 1 is 1.45 bits per heavy atom. The summed E-state index contributed by atoms with van der Waals surface area (Å²) in [6, 6.07) is 0. The highest BCUT2D eigenvalue weighted by Gasteiger charge is 2.30. The Bertz CT molecular complexity index is 522. The summed E-state index contributed by atoms with van der Waals surface area (Å²) in [6.07, 6.45) is 5.23. The van der Waals surface area contributed by atoms with E-state index in [1.54, 1.807) is 0 Å². The highest BCUT2D eigenvalue weighted by molar-refractivity contribution is 8.00. The molecule has 6 heteroatoms. The zero-order chi connectivity index (χ0) is 16.1. The number of rotatable bonds is 9. The molecule has 2 rings (SSSR count). The van der Waals surface area contributed by atoms with Crippen molar-refractivity contribution in [3.8, 4) is 0 Å². The van der Waals surface area contributed by atoms with Gasteiger partial charge in [0.15, 0.2) is 5.16 Å². The van der Waals surface area contributed by atoms with Crippen molar-refractivity contribution in [2.24, 2.45) is 5.92 Å². The van der Waals surface area contributed by atoms with Crippen LogP contribution in [0.5, 0.6) is 0 Å². The number of thioether (sulfide) groups is 1. The monoisotopic (exact) mass is 322 g/mol. The minimum atomic E-state index is -0.174. The van der Waals surface area contributed by atoms with E-state index < -0.39 is 0 Å². The molecule has 1 fully saturated rings. The lowest BCUT2D eigenvalue weighted by Gasteiger charge is -2.13. The van der Waals surface area contributed by atoms with E-state index in [9.17, 15) is 4.79 Å². The lowest BCUT2D eigenvalue weighted by Crippen LogP contribution is -2.32. The van der Waals surface area contributed by atoms with Gasteiger partial charge in [0, 0.05) is 19.0 Å². The van der Waals surface area contributed by atoms with Gasteiger partial charge in [0.05, 0.1) is 5.25 Å². The fourth-order valence-electron chi connectivity index (χ4n) is 2.17. The van der Waals surface area contributed by atoms with Gasteiger partial charge in [-0.25, -0.2) is 0 Å². The Morgan fingerprint density at radius 3 is 2.77 bits per heavy atom. The van der Waals surface area contributed by atoms with Crippen molar-refractivity contribution in [1.82, 2.24) is 20.1 Å². The summed E-state index contributed by atoms with van der Waals surface area (Å²) in [5.41, 5.74) is 0. The lowest BCUT2D eigenvalue weighted by molar-refractivity contribution is -0.120. The second kappa shape index (κ2) is 7.81. The molecular formula is C16H26N4OS. The van der Waals surface area contributed by atoms with Crippen molar-refractivity contribution >= 4 is 17.7 Å². The maximum atomic E-state index is 12.1. The Balaban J connectivity index is 1.94. The molecule has 0 aliphatic heterocycles. The van der Waals surface area contributed by atoms with Gasteiger partial charge in [-0.15, -0.1) is 16.8 Å². The fourth-order valence-corrected chi connectivity index (χ4v) is 3.06. The number of nitrogens with zero attached hydrogens (tertiary/aromatic N) is 3. The van der Waals surface area contributed by atoms with Crippen molar-refractivity contribution < 1.29 is 4.79 Å². The molecule has 1 heterocycles. The van der Waals surface area contributed by atoms with Gasteiger partial charge in [0.2, 0.25) is 5.91 Å². The molecule has 0 spiro atoms. The van der Waals surface area contributed by atoms with Gasteiger partial charge in [0.25, 0.3) is 0 Å². The second-order valence-electron chi connectivity index (χ2n) is 6.25. The molecule has 1 amide bonds. The zero-order valence-corrected chi connectivity index (χ0v) is 14.5. The van der Waals surface area contributed by atoms with Gasteiger partial charge in [-0.3, -0.25) is 4.79 Å². The van der Waals surface area contributed by atoms with Gasteiger partial charge in [-0.05, 0) is 32.1 Å². The molecular weight excluding hydrogens is 296 g/mol. The van der Waals surface area contributed by atoms with E-state index in [4.69, 9.17) is 0 Å². The van der Waals surface area contributed by atoms with Crippen LogP contribution in [0.3, 0.4) is 0 Å². The van der Waals surface area contributed by atoms with Crippen molar-refractivity contribution in [1.29, 1.82) is 0 Å². The van der Waals surface area contributed by atoms with E-state index in [1.165, 1.54) is 24.6 Å². The van der Waals surface area contributed by atoms with Gasteiger partial charge < -0.3 is 9.88 Å². The van der Waals surface area contributed by atoms with Gasteiger partial charge in [-0.2, -0.15) is 0 Å². The minimum absolute atomic E-state index is 0.0618. The molecule has 0 radical (unpaired) electrons. The molecule has 1 aromatic rings. The third-order valence-corrected chi connectivity index (χ3v) is 4.75. The van der Waals surface area contributed by atoms with Crippen LogP contribution in [0.25, 0.3) is 0 Å². The number of nitrogens with one attached hydrogen (secondary N) is 1. The Labute approximate surface area is 137 Å². The summed E-state index contributed by atoms with van der Waals surface area (Å²) in [5, 5.41) is 12.2. The molecule has 1 aromatic heterocycles. The average Bonchev–Trinajstić information content (AvgIpc) is 3.23. The van der Waals surface area contributed by atoms with Gasteiger partial charge in [-0.1, -0.05) is 31.7 Å². The van der Waals surface area contributed by atoms with Crippen molar-refractivity contribution in [3.63, 3.8) is 0 Å². The first-order valence-electron chi connectivity index (χ1n) is 8.01. The van der Waals surface area contributed by atoms with Crippen LogP contribution in [0.2, 0.25) is 0 Å². The Morgan fingerprint density at radius 2 is 2.18 bits per heavy atom. The first kappa shape index (κ1) is 17.1. The van der Waals surface area contributed by atoms with Gasteiger partial charge >= 0.3 is 0 Å². The van der Waals surface area contributed by atoms with E-state index in [0.717, 1.165) is 23.9 Å². The predicted molar refractivity (Wildman–Crippen MR) is 90.0 cm³/mol. The van der Waals surface area contributed by atoms with Crippen molar-refractivity contribution in [3.05, 3.63) is 18.5 Å². The SMILES string of the molecule is C=CCn1c(SC(C)C(=O)NCCC(C)C)nnc1C1CC1. The van der Waals surface area contributed by atoms with Crippen molar-refractivity contribution in [2.45, 2.75) is 62.9 Å². The molecule has 1 unspecified atom stereocenters. The molecule has 1 saturated carbocycles. The quantitative estimate of drug-likeness (QED) is 0.561. The summed E-state index contributed by atoms with van der Waals surface area (Å²) in [4.78, 5) is 12.1. The summed E-state index contributed by atoms with van der Waals surface area (Å²) >= 11 is 1.47. The molecule has 122 valence electrons. The normalized spacial score (nSPS) is 15.8. The van der Waals surface area contributed by atoms with Gasteiger partial charge in [0.1, 0.15) is 5.82 Å². The van der Waals surface area contributed by atoms with Crippen LogP contribution < -0.4 is 5.32 Å². The van der Waals surface area contributed by atoms with E-state index >= 15 is 0 Å². The number of amides is 1. The molecule has 22 heavy (non-hydrogen) atoms. The molecule has 1 aliphatic rings. The number of hydrogen-bond donors (Lipinski definition) is 1. The Kier molecular flexibility index (Phi) is 6.06. The molecule has 1 atom stereocenters.